The van der Waals surface area contributed by atoms with Crippen molar-refractivity contribution in [1.29, 1.82) is 5.26 Å². The van der Waals surface area contributed by atoms with Gasteiger partial charge in [-0.05, 0) is 53.2 Å². The van der Waals surface area contributed by atoms with E-state index in [0.29, 0.717) is 32.8 Å². The molecule has 2 N–H and O–H groups in total. The Hall–Kier alpha value is -3.72. The van der Waals surface area contributed by atoms with E-state index >= 15 is 0 Å². The Kier molecular flexibility index (Phi) is 8.59. The van der Waals surface area contributed by atoms with Crippen LogP contribution in [0.2, 0.25) is 5.02 Å². The van der Waals surface area contributed by atoms with Gasteiger partial charge in [0.15, 0.2) is 6.61 Å². The zero-order chi connectivity index (χ0) is 25.5. The lowest BCUT2D eigenvalue weighted by atomic mass is 10.1. The number of benzene rings is 1. The number of carboxylic acid groups (broad SMARTS) is 1. The molecule has 0 spiro atoms. The van der Waals surface area contributed by atoms with Crippen LogP contribution in [0.4, 0.5) is 0 Å². The number of nitriles is 1. The molecule has 1 amide bonds. The van der Waals surface area contributed by atoms with Crippen molar-refractivity contribution >= 4 is 45.6 Å². The van der Waals surface area contributed by atoms with Gasteiger partial charge in [0.2, 0.25) is 5.88 Å². The van der Waals surface area contributed by atoms with Crippen molar-refractivity contribution in [3.63, 3.8) is 0 Å². The maximum Gasteiger partial charge on any atom is 0.337 e. The molecule has 0 fully saturated rings. The Labute approximate surface area is 213 Å². The van der Waals surface area contributed by atoms with E-state index in [4.69, 9.17) is 25.5 Å². The van der Waals surface area contributed by atoms with Gasteiger partial charge in [0, 0.05) is 22.7 Å². The molecular formula is C23H18BrClN4O6. The van der Waals surface area contributed by atoms with Crippen LogP contribution in [0.5, 0.6) is 5.88 Å². The normalized spacial score (nSPS) is 10.8. The number of hydrogen-bond acceptors (Lipinski definition) is 8. The number of halogens is 2. The third-order valence-corrected chi connectivity index (χ3v) is 5.98. The van der Waals surface area contributed by atoms with Gasteiger partial charge in [-0.3, -0.25) is 4.79 Å². The molecule has 1 aromatic carbocycles. The molecule has 0 bridgehead atoms. The second kappa shape index (κ2) is 11.6. The Bertz CT molecular complexity index is 1350. The van der Waals surface area contributed by atoms with Crippen LogP contribution in [0.15, 0.2) is 44.3 Å². The Morgan fingerprint density at radius 2 is 2.14 bits per heavy atom. The molecule has 12 heteroatoms. The summed E-state index contributed by atoms with van der Waals surface area (Å²) in [6.07, 6.45) is 1.27. The van der Waals surface area contributed by atoms with Crippen LogP contribution in [0.3, 0.4) is 0 Å². The number of carbonyl (C=O) groups excluding carboxylic acids is 1. The minimum atomic E-state index is -1.15. The zero-order valence-corrected chi connectivity index (χ0v) is 20.8. The molecule has 0 unspecified atom stereocenters. The summed E-state index contributed by atoms with van der Waals surface area (Å²) >= 11 is 9.27. The number of aromatic nitrogens is 1. The topological polar surface area (TPSA) is 147 Å². The third kappa shape index (κ3) is 6.24. The van der Waals surface area contributed by atoms with Gasteiger partial charge in [0.1, 0.15) is 23.2 Å². The number of nitrogens with one attached hydrogen (secondary N) is 1. The Balaban J connectivity index is 1.63. The highest BCUT2D eigenvalue weighted by Crippen LogP contribution is 2.30. The summed E-state index contributed by atoms with van der Waals surface area (Å²) in [5, 5.41) is 22.6. The molecular weight excluding hydrogens is 544 g/mol. The summed E-state index contributed by atoms with van der Waals surface area (Å²) in [5.41, 5.74) is 4.07. The fourth-order valence-corrected chi connectivity index (χ4v) is 3.57. The number of aromatic carboxylic acids is 1. The molecule has 0 saturated carbocycles. The summed E-state index contributed by atoms with van der Waals surface area (Å²) in [7, 11) is 1.50. The van der Waals surface area contributed by atoms with Crippen molar-refractivity contribution in [2.75, 3.05) is 13.7 Å². The second-order valence-corrected chi connectivity index (χ2v) is 8.20. The van der Waals surface area contributed by atoms with Crippen molar-refractivity contribution in [1.82, 2.24) is 10.4 Å². The average molecular weight is 562 g/mol. The Morgan fingerprint density at radius 3 is 2.83 bits per heavy atom. The zero-order valence-electron chi connectivity index (χ0n) is 18.5. The van der Waals surface area contributed by atoms with Gasteiger partial charge in [0.25, 0.3) is 5.91 Å². The number of aryl methyl sites for hydroxylation is 1. The molecule has 0 radical (unpaired) electrons. The van der Waals surface area contributed by atoms with E-state index in [-0.39, 0.29) is 28.6 Å². The molecule has 0 aliphatic carbocycles. The quantitative estimate of drug-likeness (QED) is 0.290. The van der Waals surface area contributed by atoms with Gasteiger partial charge in [0.05, 0.1) is 29.1 Å². The molecule has 2 aromatic heterocycles. The molecule has 35 heavy (non-hydrogen) atoms. The van der Waals surface area contributed by atoms with Crippen molar-refractivity contribution in [2.45, 2.75) is 13.5 Å². The van der Waals surface area contributed by atoms with E-state index in [9.17, 15) is 20.0 Å². The fourth-order valence-electron chi connectivity index (χ4n) is 2.97. The van der Waals surface area contributed by atoms with E-state index in [0.717, 1.165) is 0 Å². The minimum absolute atomic E-state index is 0.0127. The smallest absolute Gasteiger partial charge is 0.337 e. The van der Waals surface area contributed by atoms with Gasteiger partial charge < -0.3 is 19.0 Å². The number of carboxylic acids is 1. The largest absolute Gasteiger partial charge is 0.478 e. The maximum absolute atomic E-state index is 12.1. The summed E-state index contributed by atoms with van der Waals surface area (Å²) in [6.45, 7) is 1.46. The van der Waals surface area contributed by atoms with Crippen LogP contribution in [-0.2, 0) is 16.1 Å². The predicted molar refractivity (Wildman–Crippen MR) is 129 cm³/mol. The number of pyridine rings is 1. The van der Waals surface area contributed by atoms with Crippen LogP contribution in [0.25, 0.3) is 11.3 Å². The number of carbonyl (C=O) groups is 2. The summed E-state index contributed by atoms with van der Waals surface area (Å²) < 4.78 is 16.8. The first-order valence-corrected chi connectivity index (χ1v) is 11.1. The Morgan fingerprint density at radius 1 is 1.37 bits per heavy atom. The fraction of sp³-hybridized carbons (Fsp3) is 0.174. The molecule has 10 nitrogen and oxygen atoms in total. The van der Waals surface area contributed by atoms with Crippen LogP contribution in [0, 0.1) is 18.3 Å². The standard InChI is InChI=1S/C23H18BrClN4O6/c1-12-21(24)17(10-33-2)16(8-26)22(28-12)34-11-20(30)29-27-9-14-4-6-19(35-14)13-3-5-18(25)15(7-13)23(31)32/h3-7,9H,10-11H2,1-2H3,(H,29,30)(H,31,32). The highest BCUT2D eigenvalue weighted by Gasteiger charge is 2.18. The first-order valence-electron chi connectivity index (χ1n) is 9.90. The lowest BCUT2D eigenvalue weighted by Gasteiger charge is -2.13. The highest BCUT2D eigenvalue weighted by atomic mass is 79.9. The van der Waals surface area contributed by atoms with Crippen LogP contribution >= 0.6 is 27.5 Å². The summed E-state index contributed by atoms with van der Waals surface area (Å²) in [6, 6.07) is 9.74. The first-order chi connectivity index (χ1) is 16.7. The molecule has 0 aliphatic heterocycles. The van der Waals surface area contributed by atoms with Crippen LogP contribution < -0.4 is 10.2 Å². The molecule has 3 aromatic rings. The first kappa shape index (κ1) is 25.9. The van der Waals surface area contributed by atoms with Gasteiger partial charge >= 0.3 is 5.97 Å². The monoisotopic (exact) mass is 560 g/mol. The van der Waals surface area contributed by atoms with Gasteiger partial charge in [-0.25, -0.2) is 15.2 Å². The number of hydrazone groups is 1. The second-order valence-electron chi connectivity index (χ2n) is 7.00. The lowest BCUT2D eigenvalue weighted by molar-refractivity contribution is -0.123. The maximum atomic E-state index is 12.1. The van der Waals surface area contributed by atoms with E-state index in [1.165, 1.54) is 25.5 Å². The number of ether oxygens (including phenoxy) is 2. The van der Waals surface area contributed by atoms with Crippen molar-refractivity contribution < 1.29 is 28.6 Å². The van der Waals surface area contributed by atoms with E-state index in [2.05, 4.69) is 31.4 Å². The number of rotatable bonds is 9. The average Bonchev–Trinajstić information content (AvgIpc) is 3.30. The van der Waals surface area contributed by atoms with Gasteiger partial charge in [-0.1, -0.05) is 11.6 Å². The van der Waals surface area contributed by atoms with Crippen molar-refractivity contribution in [3.8, 4) is 23.3 Å². The van der Waals surface area contributed by atoms with E-state index < -0.39 is 18.5 Å². The predicted octanol–water partition coefficient (Wildman–Crippen LogP) is 4.31. The molecule has 2 heterocycles. The number of hydrogen-bond donors (Lipinski definition) is 2. The molecule has 0 aliphatic rings. The van der Waals surface area contributed by atoms with Crippen molar-refractivity contribution in [2.24, 2.45) is 5.10 Å². The van der Waals surface area contributed by atoms with Crippen LogP contribution in [0.1, 0.15) is 32.9 Å². The van der Waals surface area contributed by atoms with Crippen molar-refractivity contribution in [3.05, 3.63) is 68.0 Å². The van der Waals surface area contributed by atoms with Crippen LogP contribution in [-0.4, -0.2) is 41.9 Å². The summed E-state index contributed by atoms with van der Waals surface area (Å²) in [4.78, 5) is 27.6. The molecule has 0 atom stereocenters. The third-order valence-electron chi connectivity index (χ3n) is 4.60. The van der Waals surface area contributed by atoms with E-state index in [1.54, 1.807) is 25.1 Å². The number of nitrogens with zero attached hydrogens (tertiary/aromatic N) is 3. The van der Waals surface area contributed by atoms with Gasteiger partial charge in [-0.2, -0.15) is 10.4 Å². The number of methoxy groups -OCH3 is 1. The molecule has 180 valence electrons. The molecule has 0 saturated heterocycles. The van der Waals surface area contributed by atoms with E-state index in [1.807, 2.05) is 6.07 Å². The number of furan rings is 1. The highest BCUT2D eigenvalue weighted by molar-refractivity contribution is 9.10. The lowest BCUT2D eigenvalue weighted by Crippen LogP contribution is -2.25. The van der Waals surface area contributed by atoms with Gasteiger partial charge in [-0.15, -0.1) is 0 Å². The minimum Gasteiger partial charge on any atom is -0.478 e. The molecule has 3 rings (SSSR count). The SMILES string of the molecule is COCc1c(Br)c(C)nc(OCC(=O)NN=Cc2ccc(-c3ccc(Cl)c(C(=O)O)c3)o2)c1C#N. The number of amides is 1. The summed E-state index contributed by atoms with van der Waals surface area (Å²) in [5.74, 6) is -1.02.